The molecule has 6 rings (SSSR count). The zero-order valence-corrected chi connectivity index (χ0v) is 20.8. The highest BCUT2D eigenvalue weighted by atomic mass is 32.2. The highest BCUT2D eigenvalue weighted by Gasteiger charge is 2.51. The van der Waals surface area contributed by atoms with Crippen LogP contribution in [-0.4, -0.2) is 44.0 Å². The maximum atomic E-state index is 12.4. The molecule has 8 nitrogen and oxygen atoms in total. The van der Waals surface area contributed by atoms with Gasteiger partial charge in [0.1, 0.15) is 5.82 Å². The second kappa shape index (κ2) is 9.37. The Morgan fingerprint density at radius 1 is 1.21 bits per heavy atom. The van der Waals surface area contributed by atoms with E-state index in [9.17, 15) is 9.59 Å². The van der Waals surface area contributed by atoms with Crippen LogP contribution in [0.4, 0.5) is 5.13 Å². The lowest BCUT2D eigenvalue weighted by atomic mass is 9.49. The van der Waals surface area contributed by atoms with Gasteiger partial charge in [-0.25, -0.2) is 4.98 Å². The number of rotatable bonds is 9. The standard InChI is InChI=1S/C23H31N5O3S2/c1-3-31-20(30)7-17-12-32-21(24-17)25-19(29)13-33-22-27-26-18(28(22)2)11-23-8-14-4-15(9-23)6-16(5-14)10-23/h12,14-16H,3-11,13H2,1-2H3,(H,24,25,29). The highest BCUT2D eigenvalue weighted by Crippen LogP contribution is 2.60. The molecule has 4 fully saturated rings. The van der Waals surface area contributed by atoms with Gasteiger partial charge < -0.3 is 14.6 Å². The van der Waals surface area contributed by atoms with E-state index in [0.717, 1.165) is 35.2 Å². The van der Waals surface area contributed by atoms with Crippen molar-refractivity contribution in [3.05, 3.63) is 16.9 Å². The molecule has 4 aliphatic rings. The van der Waals surface area contributed by atoms with E-state index in [1.807, 2.05) is 7.05 Å². The van der Waals surface area contributed by atoms with Crippen molar-refractivity contribution < 1.29 is 14.3 Å². The predicted octanol–water partition coefficient (Wildman–Crippen LogP) is 3.87. The van der Waals surface area contributed by atoms with Crippen molar-refractivity contribution in [2.45, 2.75) is 63.4 Å². The number of carbonyl (C=O) groups is 2. The van der Waals surface area contributed by atoms with E-state index in [4.69, 9.17) is 4.74 Å². The van der Waals surface area contributed by atoms with Crippen molar-refractivity contribution in [3.8, 4) is 0 Å². The van der Waals surface area contributed by atoms with E-state index >= 15 is 0 Å². The minimum absolute atomic E-state index is 0.112. The summed E-state index contributed by atoms with van der Waals surface area (Å²) in [7, 11) is 2.01. The number of aromatic nitrogens is 4. The Morgan fingerprint density at radius 3 is 2.58 bits per heavy atom. The van der Waals surface area contributed by atoms with Crippen LogP contribution in [0.15, 0.2) is 10.5 Å². The van der Waals surface area contributed by atoms with Crippen molar-refractivity contribution in [2.24, 2.45) is 30.2 Å². The number of esters is 1. The lowest BCUT2D eigenvalue weighted by Gasteiger charge is -2.56. The average molecular weight is 490 g/mol. The Bertz CT molecular complexity index is 998. The zero-order chi connectivity index (χ0) is 23.0. The SMILES string of the molecule is CCOC(=O)Cc1csc(NC(=O)CSc2nnc(CC34CC5CC(CC(C5)C3)C4)n2C)n1. The number of anilines is 1. The molecule has 0 aliphatic heterocycles. The molecule has 1 N–H and O–H groups in total. The van der Waals surface area contributed by atoms with E-state index < -0.39 is 0 Å². The summed E-state index contributed by atoms with van der Waals surface area (Å²) in [6, 6.07) is 0. The van der Waals surface area contributed by atoms with E-state index in [1.54, 1.807) is 12.3 Å². The molecular weight excluding hydrogens is 458 g/mol. The smallest absolute Gasteiger partial charge is 0.311 e. The maximum absolute atomic E-state index is 12.4. The highest BCUT2D eigenvalue weighted by molar-refractivity contribution is 7.99. The fraction of sp³-hybridized carbons (Fsp3) is 0.696. The first kappa shape index (κ1) is 22.8. The Hall–Kier alpha value is -1.94. The van der Waals surface area contributed by atoms with Crippen LogP contribution in [0, 0.1) is 23.2 Å². The molecule has 0 aromatic carbocycles. The minimum atomic E-state index is -0.317. The fourth-order valence-corrected chi connectivity index (χ4v) is 8.01. The number of hydrogen-bond acceptors (Lipinski definition) is 8. The van der Waals surface area contributed by atoms with Gasteiger partial charge in [0.15, 0.2) is 10.3 Å². The van der Waals surface area contributed by atoms with Crippen molar-refractivity contribution >= 4 is 40.1 Å². The molecular formula is C23H31N5O3S2. The van der Waals surface area contributed by atoms with E-state index in [0.29, 0.717) is 22.8 Å². The molecule has 0 saturated heterocycles. The molecule has 0 spiro atoms. The Labute approximate surface area is 202 Å². The molecule has 4 saturated carbocycles. The van der Waals surface area contributed by atoms with E-state index in [1.165, 1.54) is 61.6 Å². The summed E-state index contributed by atoms with van der Waals surface area (Å²) in [6.07, 6.45) is 9.50. The quantitative estimate of drug-likeness (QED) is 0.422. The molecule has 1 amide bonds. The largest absolute Gasteiger partial charge is 0.466 e. The van der Waals surface area contributed by atoms with Crippen molar-refractivity contribution in [1.82, 2.24) is 19.7 Å². The second-order valence-electron chi connectivity index (χ2n) is 10.0. The van der Waals surface area contributed by atoms with Crippen molar-refractivity contribution in [2.75, 3.05) is 17.7 Å². The molecule has 0 radical (unpaired) electrons. The van der Waals surface area contributed by atoms with Crippen LogP contribution < -0.4 is 5.32 Å². The monoisotopic (exact) mass is 489 g/mol. The van der Waals surface area contributed by atoms with Gasteiger partial charge in [-0.15, -0.1) is 21.5 Å². The number of ether oxygens (including phenoxy) is 1. The third-order valence-corrected chi connectivity index (χ3v) is 9.21. The molecule has 10 heteroatoms. The molecule has 0 atom stereocenters. The topological polar surface area (TPSA) is 99.0 Å². The van der Waals surface area contributed by atoms with Crippen molar-refractivity contribution in [1.29, 1.82) is 0 Å². The first-order valence-electron chi connectivity index (χ1n) is 11.8. The zero-order valence-electron chi connectivity index (χ0n) is 19.2. The van der Waals surface area contributed by atoms with Crippen LogP contribution in [0.3, 0.4) is 0 Å². The van der Waals surface area contributed by atoms with Crippen LogP contribution in [0.25, 0.3) is 0 Å². The molecule has 4 aliphatic carbocycles. The normalized spacial score (nSPS) is 27.6. The molecule has 2 aromatic heterocycles. The molecule has 33 heavy (non-hydrogen) atoms. The third-order valence-electron chi connectivity index (χ3n) is 7.38. The van der Waals surface area contributed by atoms with Crippen LogP contribution >= 0.6 is 23.1 Å². The van der Waals surface area contributed by atoms with Gasteiger partial charge in [0.05, 0.1) is 24.5 Å². The summed E-state index contributed by atoms with van der Waals surface area (Å²) in [4.78, 5) is 28.3. The van der Waals surface area contributed by atoms with Crippen LogP contribution in [0.2, 0.25) is 0 Å². The summed E-state index contributed by atoms with van der Waals surface area (Å²) in [5.74, 6) is 3.58. The first-order valence-corrected chi connectivity index (χ1v) is 13.7. The maximum Gasteiger partial charge on any atom is 0.311 e. The summed E-state index contributed by atoms with van der Waals surface area (Å²) in [6.45, 7) is 2.11. The van der Waals surface area contributed by atoms with Crippen LogP contribution in [-0.2, 0) is 34.2 Å². The Balaban J connectivity index is 1.14. The van der Waals surface area contributed by atoms with Gasteiger partial charge >= 0.3 is 5.97 Å². The lowest BCUT2D eigenvalue weighted by Crippen LogP contribution is -2.47. The predicted molar refractivity (Wildman–Crippen MR) is 127 cm³/mol. The number of nitrogens with zero attached hydrogens (tertiary/aromatic N) is 4. The van der Waals surface area contributed by atoms with E-state index in [-0.39, 0.29) is 24.1 Å². The Kier molecular flexibility index (Phi) is 6.48. The van der Waals surface area contributed by atoms with Gasteiger partial charge in [0.25, 0.3) is 0 Å². The van der Waals surface area contributed by atoms with Gasteiger partial charge in [0.2, 0.25) is 5.91 Å². The van der Waals surface area contributed by atoms with Gasteiger partial charge in [-0.2, -0.15) is 0 Å². The van der Waals surface area contributed by atoms with Crippen LogP contribution in [0.1, 0.15) is 57.0 Å². The Morgan fingerprint density at radius 2 is 1.91 bits per heavy atom. The van der Waals surface area contributed by atoms with Crippen molar-refractivity contribution in [3.63, 3.8) is 0 Å². The molecule has 2 heterocycles. The number of hydrogen-bond donors (Lipinski definition) is 1. The van der Waals surface area contributed by atoms with Crippen LogP contribution in [0.5, 0.6) is 0 Å². The minimum Gasteiger partial charge on any atom is -0.466 e. The van der Waals surface area contributed by atoms with Gasteiger partial charge in [-0.05, 0) is 68.6 Å². The average Bonchev–Trinajstić information content (AvgIpc) is 3.31. The number of carbonyl (C=O) groups excluding carboxylic acids is 2. The third kappa shape index (κ3) is 5.11. The molecule has 178 valence electrons. The van der Waals surface area contributed by atoms with E-state index in [2.05, 4.69) is 25.1 Å². The lowest BCUT2D eigenvalue weighted by molar-refractivity contribution is -0.142. The fourth-order valence-electron chi connectivity index (χ4n) is 6.56. The van der Waals surface area contributed by atoms with Gasteiger partial charge in [-0.3, -0.25) is 9.59 Å². The summed E-state index contributed by atoms with van der Waals surface area (Å²) in [5.41, 5.74) is 1.02. The second-order valence-corrected chi connectivity index (χ2v) is 11.8. The molecule has 2 aromatic rings. The first-order chi connectivity index (χ1) is 15.9. The van der Waals surface area contributed by atoms with Gasteiger partial charge in [0, 0.05) is 18.8 Å². The number of amides is 1. The summed E-state index contributed by atoms with van der Waals surface area (Å²) in [5, 5.41) is 14.7. The van der Waals surface area contributed by atoms with Gasteiger partial charge in [-0.1, -0.05) is 11.8 Å². The number of thiazole rings is 1. The number of thioether (sulfide) groups is 1. The molecule has 0 unspecified atom stereocenters. The summed E-state index contributed by atoms with van der Waals surface area (Å²) >= 11 is 2.70. The summed E-state index contributed by atoms with van der Waals surface area (Å²) < 4.78 is 7.00. The number of nitrogens with one attached hydrogen (secondary N) is 1. The molecule has 4 bridgehead atoms.